The number of carbonyl (C=O) groups excluding carboxylic acids is 1. The number of aromatic nitrogens is 1. The average molecular weight is 320 g/mol. The van der Waals surface area contributed by atoms with E-state index in [0.29, 0.717) is 12.3 Å². The van der Waals surface area contributed by atoms with Gasteiger partial charge in [-0.2, -0.15) is 0 Å². The molecule has 22 heavy (non-hydrogen) atoms. The summed E-state index contributed by atoms with van der Waals surface area (Å²) in [6.07, 6.45) is 8.67. The molecule has 0 saturated carbocycles. The Balaban J connectivity index is 1.39. The number of ether oxygens (including phenoxy) is 1. The van der Waals surface area contributed by atoms with Crippen molar-refractivity contribution in [2.75, 3.05) is 26.3 Å². The third-order valence-electron chi connectivity index (χ3n) is 5.42. The molecule has 1 unspecified atom stereocenters. The van der Waals surface area contributed by atoms with E-state index in [1.165, 1.54) is 34.8 Å². The van der Waals surface area contributed by atoms with Gasteiger partial charge in [-0.3, -0.25) is 4.79 Å². The van der Waals surface area contributed by atoms with Gasteiger partial charge in [0.2, 0.25) is 5.91 Å². The van der Waals surface area contributed by atoms with Crippen molar-refractivity contribution < 1.29 is 9.53 Å². The third kappa shape index (κ3) is 2.81. The summed E-state index contributed by atoms with van der Waals surface area (Å²) >= 11 is 1.88. The maximum atomic E-state index is 12.2. The summed E-state index contributed by atoms with van der Waals surface area (Å²) in [6, 6.07) is 0. The lowest BCUT2D eigenvalue weighted by Gasteiger charge is -2.39. The van der Waals surface area contributed by atoms with Crippen LogP contribution in [0.15, 0.2) is 0 Å². The van der Waals surface area contributed by atoms with Gasteiger partial charge in [-0.15, -0.1) is 11.3 Å². The molecule has 5 heteroatoms. The quantitative estimate of drug-likeness (QED) is 0.860. The van der Waals surface area contributed by atoms with Crippen LogP contribution in [-0.2, 0) is 28.8 Å². The van der Waals surface area contributed by atoms with Crippen molar-refractivity contribution >= 4 is 17.2 Å². The van der Waals surface area contributed by atoms with Crippen molar-refractivity contribution in [2.45, 2.75) is 51.4 Å². The van der Waals surface area contributed by atoms with Crippen molar-refractivity contribution in [3.8, 4) is 0 Å². The van der Waals surface area contributed by atoms with Crippen molar-refractivity contribution in [1.29, 1.82) is 0 Å². The van der Waals surface area contributed by atoms with Crippen molar-refractivity contribution in [1.82, 2.24) is 9.88 Å². The molecule has 3 aliphatic rings. The summed E-state index contributed by atoms with van der Waals surface area (Å²) in [6.45, 7) is 3.41. The number of fused-ring (bicyclic) bond motifs is 1. The lowest BCUT2D eigenvalue weighted by molar-refractivity contribution is -0.137. The Morgan fingerprint density at radius 1 is 1.23 bits per heavy atom. The Morgan fingerprint density at radius 2 is 2.14 bits per heavy atom. The summed E-state index contributed by atoms with van der Waals surface area (Å²) in [7, 11) is 0. The molecule has 1 aliphatic carbocycles. The zero-order chi connectivity index (χ0) is 15.0. The van der Waals surface area contributed by atoms with Crippen LogP contribution in [0.5, 0.6) is 0 Å². The van der Waals surface area contributed by atoms with Gasteiger partial charge in [0.15, 0.2) is 0 Å². The monoisotopic (exact) mass is 320 g/mol. The fraction of sp³-hybridized carbons (Fsp3) is 0.765. The first-order valence-electron chi connectivity index (χ1n) is 8.57. The third-order valence-corrected chi connectivity index (χ3v) is 6.64. The van der Waals surface area contributed by atoms with Gasteiger partial charge in [0.05, 0.1) is 17.3 Å². The number of thiazole rings is 1. The van der Waals surface area contributed by atoms with Crippen LogP contribution >= 0.6 is 11.3 Å². The minimum Gasteiger partial charge on any atom is -0.381 e. The lowest BCUT2D eigenvalue weighted by atomic mass is 9.79. The normalized spacial score (nSPS) is 28.4. The Hall–Kier alpha value is -0.940. The second-order valence-electron chi connectivity index (χ2n) is 7.05. The standard InChI is InChI=1S/C17H24N2O2S/c20-16-5-7-17(8-10-21-12-17)11-19(16)9-6-15-18-13-3-1-2-4-14(13)22-15/h1-12H2. The summed E-state index contributed by atoms with van der Waals surface area (Å²) in [4.78, 5) is 20.6. The second kappa shape index (κ2) is 5.93. The van der Waals surface area contributed by atoms with E-state index in [1.807, 2.05) is 11.3 Å². The van der Waals surface area contributed by atoms with Crippen LogP contribution in [0.1, 0.15) is 47.7 Å². The number of hydrogen-bond acceptors (Lipinski definition) is 4. The number of amides is 1. The number of hydrogen-bond donors (Lipinski definition) is 0. The summed E-state index contributed by atoms with van der Waals surface area (Å²) in [5, 5.41) is 1.22. The van der Waals surface area contributed by atoms with Crippen LogP contribution in [0.4, 0.5) is 0 Å². The molecular weight excluding hydrogens is 296 g/mol. The molecule has 0 bridgehead atoms. The predicted octanol–water partition coefficient (Wildman–Crippen LogP) is 2.59. The van der Waals surface area contributed by atoms with E-state index < -0.39 is 0 Å². The molecule has 1 aromatic rings. The largest absolute Gasteiger partial charge is 0.381 e. The number of carbonyl (C=O) groups is 1. The van der Waals surface area contributed by atoms with Gasteiger partial charge < -0.3 is 9.64 Å². The zero-order valence-corrected chi connectivity index (χ0v) is 13.9. The van der Waals surface area contributed by atoms with E-state index in [-0.39, 0.29) is 5.41 Å². The van der Waals surface area contributed by atoms with Gasteiger partial charge in [-0.1, -0.05) is 0 Å². The molecular formula is C17H24N2O2S. The molecule has 1 amide bonds. The topological polar surface area (TPSA) is 42.4 Å². The highest BCUT2D eigenvalue weighted by Crippen LogP contribution is 2.38. The summed E-state index contributed by atoms with van der Waals surface area (Å²) < 4.78 is 5.59. The van der Waals surface area contributed by atoms with Crippen molar-refractivity contribution in [3.63, 3.8) is 0 Å². The molecule has 4 nitrogen and oxygen atoms in total. The van der Waals surface area contributed by atoms with E-state index in [4.69, 9.17) is 9.72 Å². The molecule has 1 atom stereocenters. The number of piperidine rings is 1. The first-order chi connectivity index (χ1) is 10.7. The summed E-state index contributed by atoms with van der Waals surface area (Å²) in [5.74, 6) is 0.318. The van der Waals surface area contributed by atoms with E-state index in [2.05, 4.69) is 4.90 Å². The van der Waals surface area contributed by atoms with Crippen LogP contribution < -0.4 is 0 Å². The van der Waals surface area contributed by atoms with Crippen LogP contribution in [0.25, 0.3) is 0 Å². The summed E-state index contributed by atoms with van der Waals surface area (Å²) in [5.41, 5.74) is 1.58. The maximum Gasteiger partial charge on any atom is 0.222 e. The number of aryl methyl sites for hydroxylation is 2. The highest BCUT2D eigenvalue weighted by Gasteiger charge is 2.41. The fourth-order valence-corrected chi connectivity index (χ4v) is 5.17. The molecule has 2 saturated heterocycles. The molecule has 0 radical (unpaired) electrons. The van der Waals surface area contributed by atoms with Crippen molar-refractivity contribution in [3.05, 3.63) is 15.6 Å². The maximum absolute atomic E-state index is 12.2. The Kier molecular flexibility index (Phi) is 3.95. The SMILES string of the molecule is O=C1CCC2(CCOC2)CN1CCc1nc2c(s1)CCCC2. The van der Waals surface area contributed by atoms with Crippen LogP contribution in [0, 0.1) is 5.41 Å². The van der Waals surface area contributed by atoms with Gasteiger partial charge in [-0.05, 0) is 38.5 Å². The number of rotatable bonds is 3. The van der Waals surface area contributed by atoms with Gasteiger partial charge in [0.25, 0.3) is 0 Å². The Bertz CT molecular complexity index is 540. The van der Waals surface area contributed by atoms with E-state index >= 15 is 0 Å². The number of nitrogens with zero attached hydrogens (tertiary/aromatic N) is 2. The predicted molar refractivity (Wildman–Crippen MR) is 86.1 cm³/mol. The molecule has 3 heterocycles. The van der Waals surface area contributed by atoms with Gasteiger partial charge >= 0.3 is 0 Å². The van der Waals surface area contributed by atoms with Crippen molar-refractivity contribution in [2.24, 2.45) is 5.41 Å². The minimum atomic E-state index is 0.246. The first kappa shape index (κ1) is 14.6. The highest BCUT2D eigenvalue weighted by molar-refractivity contribution is 7.11. The molecule has 0 aromatic carbocycles. The molecule has 2 aliphatic heterocycles. The van der Waals surface area contributed by atoms with Crippen LogP contribution in [0.2, 0.25) is 0 Å². The zero-order valence-electron chi connectivity index (χ0n) is 13.1. The van der Waals surface area contributed by atoms with E-state index in [1.54, 1.807) is 0 Å². The molecule has 2 fully saturated rings. The smallest absolute Gasteiger partial charge is 0.222 e. The Morgan fingerprint density at radius 3 is 2.95 bits per heavy atom. The van der Waals surface area contributed by atoms with Gasteiger partial charge in [-0.25, -0.2) is 4.98 Å². The lowest BCUT2D eigenvalue weighted by Crippen LogP contribution is -2.47. The molecule has 1 spiro atoms. The molecule has 4 rings (SSSR count). The first-order valence-corrected chi connectivity index (χ1v) is 9.39. The van der Waals surface area contributed by atoms with Crippen LogP contribution in [0.3, 0.4) is 0 Å². The van der Waals surface area contributed by atoms with Crippen LogP contribution in [-0.4, -0.2) is 42.1 Å². The molecule has 1 aromatic heterocycles. The molecule has 0 N–H and O–H groups in total. The molecule has 120 valence electrons. The highest BCUT2D eigenvalue weighted by atomic mass is 32.1. The Labute approximate surface area is 135 Å². The minimum absolute atomic E-state index is 0.246. The van der Waals surface area contributed by atoms with E-state index in [9.17, 15) is 4.79 Å². The average Bonchev–Trinajstić information content (AvgIpc) is 3.15. The van der Waals surface area contributed by atoms with Gasteiger partial charge in [0, 0.05) is 42.8 Å². The second-order valence-corrected chi connectivity index (χ2v) is 8.22. The fourth-order valence-electron chi connectivity index (χ4n) is 4.02. The van der Waals surface area contributed by atoms with Gasteiger partial charge in [0.1, 0.15) is 0 Å². The number of likely N-dealkylation sites (tertiary alicyclic amines) is 1. The van der Waals surface area contributed by atoms with E-state index in [0.717, 1.165) is 52.0 Å².